The summed E-state index contributed by atoms with van der Waals surface area (Å²) in [5.74, 6) is -1.69. The molecule has 256 valence electrons. The van der Waals surface area contributed by atoms with Crippen LogP contribution in [0.4, 0.5) is 9.59 Å². The molecule has 0 bridgehead atoms. The molecule has 17 heteroatoms. The molecule has 45 heavy (non-hydrogen) atoms. The molecule has 2 fully saturated rings. The lowest BCUT2D eigenvalue weighted by molar-refractivity contribution is -0.149. The van der Waals surface area contributed by atoms with E-state index < -0.39 is 42.2 Å². The van der Waals surface area contributed by atoms with Crippen molar-refractivity contribution in [3.05, 3.63) is 0 Å². The summed E-state index contributed by atoms with van der Waals surface area (Å²) in [5.41, 5.74) is -0.826. The molecule has 2 heterocycles. The molecule has 2 aliphatic rings. The van der Waals surface area contributed by atoms with Crippen molar-refractivity contribution in [2.75, 3.05) is 51.9 Å². The highest BCUT2D eigenvalue weighted by atomic mass is 32.2. The van der Waals surface area contributed by atoms with Gasteiger partial charge in [-0.2, -0.15) is 11.8 Å². The second kappa shape index (κ2) is 19.9. The van der Waals surface area contributed by atoms with Crippen molar-refractivity contribution in [1.29, 1.82) is 0 Å². The smallest absolute Gasteiger partial charge is 0.408 e. The van der Waals surface area contributed by atoms with Crippen molar-refractivity contribution in [2.45, 2.75) is 88.3 Å². The number of unbranched alkanes of at least 4 members (excludes halogenated alkanes) is 1. The molecule has 2 rings (SSSR count). The standard InChI is InChI=1S/C28H47N5O11S/c1-28(2,3)44-27(40)32-18(25(37)38)16-43-23(36)9-8-22(35)30-11-13-42-15-14-41-12-10-29-21(34)7-5-4-6-20-24-19(17-45-20)31-26(39)33-24/h18-20,24H,4-17H2,1-3H3,(H,29,34)(H,30,35)(H,32,40)(H,37,38)(H2,31,33,39)/t18-,19?,20?,24?/m0/s1. The van der Waals surface area contributed by atoms with E-state index in [2.05, 4.69) is 26.6 Å². The molecule has 0 spiro atoms. The van der Waals surface area contributed by atoms with E-state index in [0.717, 1.165) is 25.0 Å². The Kier molecular flexibility index (Phi) is 16.8. The van der Waals surface area contributed by atoms with Crippen LogP contribution in [-0.4, -0.2) is 122 Å². The molecular formula is C28H47N5O11S. The highest BCUT2D eigenvalue weighted by Crippen LogP contribution is 2.33. The molecule has 3 unspecified atom stereocenters. The van der Waals surface area contributed by atoms with Crippen LogP contribution in [0.15, 0.2) is 0 Å². The molecular weight excluding hydrogens is 614 g/mol. The molecule has 0 aliphatic carbocycles. The quantitative estimate of drug-likeness (QED) is 0.0555. The van der Waals surface area contributed by atoms with Gasteiger partial charge in [0.25, 0.3) is 0 Å². The number of alkyl carbamates (subject to hydrolysis) is 1. The molecule has 6 N–H and O–H groups in total. The fourth-order valence-corrected chi connectivity index (χ4v) is 5.93. The Morgan fingerprint density at radius 3 is 2.20 bits per heavy atom. The zero-order valence-electron chi connectivity index (χ0n) is 26.1. The predicted molar refractivity (Wildman–Crippen MR) is 163 cm³/mol. The van der Waals surface area contributed by atoms with Crippen LogP contribution in [0.25, 0.3) is 0 Å². The number of hydrogen-bond acceptors (Lipinski definition) is 11. The Bertz CT molecular complexity index is 1010. The lowest BCUT2D eigenvalue weighted by Crippen LogP contribution is -2.46. The van der Waals surface area contributed by atoms with E-state index >= 15 is 0 Å². The van der Waals surface area contributed by atoms with Gasteiger partial charge in [0.15, 0.2) is 6.04 Å². The molecule has 0 aromatic carbocycles. The van der Waals surface area contributed by atoms with Crippen LogP contribution in [-0.2, 0) is 38.1 Å². The summed E-state index contributed by atoms with van der Waals surface area (Å²) < 4.78 is 20.7. The third kappa shape index (κ3) is 16.5. The Morgan fingerprint density at radius 2 is 1.58 bits per heavy atom. The van der Waals surface area contributed by atoms with Gasteiger partial charge in [0.2, 0.25) is 11.8 Å². The number of hydrogen-bond donors (Lipinski definition) is 6. The van der Waals surface area contributed by atoms with Gasteiger partial charge < -0.3 is 50.6 Å². The first-order chi connectivity index (χ1) is 21.3. The summed E-state index contributed by atoms with van der Waals surface area (Å²) in [4.78, 5) is 70.3. The van der Waals surface area contributed by atoms with Crippen molar-refractivity contribution in [2.24, 2.45) is 0 Å². The van der Waals surface area contributed by atoms with Crippen molar-refractivity contribution in [1.82, 2.24) is 26.6 Å². The van der Waals surface area contributed by atoms with Crippen molar-refractivity contribution in [3.8, 4) is 0 Å². The maximum atomic E-state index is 12.0. The number of fused-ring (bicyclic) bond motifs is 1. The highest BCUT2D eigenvalue weighted by Gasteiger charge is 2.42. The summed E-state index contributed by atoms with van der Waals surface area (Å²) in [6.07, 6.45) is 1.74. The van der Waals surface area contributed by atoms with Gasteiger partial charge >= 0.3 is 24.1 Å². The van der Waals surface area contributed by atoms with Crippen LogP contribution in [0.3, 0.4) is 0 Å². The Labute approximate surface area is 267 Å². The third-order valence-corrected chi connectivity index (χ3v) is 8.05. The predicted octanol–water partition coefficient (Wildman–Crippen LogP) is 0.279. The maximum Gasteiger partial charge on any atom is 0.408 e. The van der Waals surface area contributed by atoms with E-state index in [1.807, 2.05) is 11.8 Å². The third-order valence-electron chi connectivity index (χ3n) is 6.55. The molecule has 0 aromatic heterocycles. The van der Waals surface area contributed by atoms with E-state index in [1.54, 1.807) is 20.8 Å². The molecule has 2 saturated heterocycles. The summed E-state index contributed by atoms with van der Waals surface area (Å²) in [7, 11) is 0. The van der Waals surface area contributed by atoms with E-state index in [9.17, 15) is 33.9 Å². The van der Waals surface area contributed by atoms with Gasteiger partial charge in [-0.3, -0.25) is 14.4 Å². The van der Waals surface area contributed by atoms with Gasteiger partial charge in [0.1, 0.15) is 12.2 Å². The Hall–Kier alpha value is -3.31. The molecule has 0 aromatic rings. The normalized spacial score (nSPS) is 19.4. The van der Waals surface area contributed by atoms with Crippen LogP contribution in [0, 0.1) is 0 Å². The Balaban J connectivity index is 1.37. The Morgan fingerprint density at radius 1 is 0.933 bits per heavy atom. The van der Waals surface area contributed by atoms with Crippen LogP contribution < -0.4 is 26.6 Å². The lowest BCUT2D eigenvalue weighted by Gasteiger charge is -2.21. The molecule has 0 radical (unpaired) electrons. The largest absolute Gasteiger partial charge is 0.480 e. The number of urea groups is 1. The first-order valence-electron chi connectivity index (χ1n) is 15.1. The van der Waals surface area contributed by atoms with Crippen LogP contribution in [0.5, 0.6) is 0 Å². The number of nitrogens with one attached hydrogen (secondary N) is 5. The second-order valence-electron chi connectivity index (χ2n) is 11.5. The molecule has 5 amide bonds. The number of ether oxygens (including phenoxy) is 4. The van der Waals surface area contributed by atoms with Crippen molar-refractivity contribution < 1.29 is 52.8 Å². The van der Waals surface area contributed by atoms with Crippen LogP contribution >= 0.6 is 11.8 Å². The minimum Gasteiger partial charge on any atom is -0.480 e. The number of carbonyl (C=O) groups excluding carboxylic acids is 5. The number of amides is 5. The first-order valence-corrected chi connectivity index (χ1v) is 16.1. The van der Waals surface area contributed by atoms with Gasteiger partial charge in [-0.1, -0.05) is 6.42 Å². The molecule has 0 saturated carbocycles. The molecule has 2 aliphatic heterocycles. The van der Waals surface area contributed by atoms with E-state index in [4.69, 9.17) is 18.9 Å². The number of rotatable bonds is 21. The summed E-state index contributed by atoms with van der Waals surface area (Å²) in [5, 5.41) is 23.0. The zero-order chi connectivity index (χ0) is 33.2. The van der Waals surface area contributed by atoms with Crippen LogP contribution in [0.2, 0.25) is 0 Å². The topological polar surface area (TPSA) is 220 Å². The van der Waals surface area contributed by atoms with Gasteiger partial charge in [-0.15, -0.1) is 0 Å². The summed E-state index contributed by atoms with van der Waals surface area (Å²) >= 11 is 1.87. The number of aliphatic carboxylic acids is 1. The highest BCUT2D eigenvalue weighted by molar-refractivity contribution is 8.00. The number of carboxylic acids is 1. The lowest BCUT2D eigenvalue weighted by atomic mass is 10.0. The van der Waals surface area contributed by atoms with Gasteiger partial charge in [0.05, 0.1) is 44.9 Å². The monoisotopic (exact) mass is 661 g/mol. The summed E-state index contributed by atoms with van der Waals surface area (Å²) in [6, 6.07) is -1.18. The van der Waals surface area contributed by atoms with E-state index in [-0.39, 0.29) is 50.0 Å². The zero-order valence-corrected chi connectivity index (χ0v) is 27.0. The maximum absolute atomic E-state index is 12.0. The van der Waals surface area contributed by atoms with E-state index in [0.29, 0.717) is 38.0 Å². The number of carbonyl (C=O) groups is 6. The fraction of sp³-hybridized carbons (Fsp3) is 0.786. The number of thioether (sulfide) groups is 1. The number of carboxylic acid groups (broad SMARTS) is 1. The van der Waals surface area contributed by atoms with Crippen molar-refractivity contribution in [3.63, 3.8) is 0 Å². The minimum absolute atomic E-state index is 0.0219. The average Bonchev–Trinajstić information content (AvgIpc) is 3.51. The fourth-order valence-electron chi connectivity index (χ4n) is 4.39. The van der Waals surface area contributed by atoms with E-state index in [1.165, 1.54) is 0 Å². The average molecular weight is 662 g/mol. The first kappa shape index (κ1) is 37.9. The number of esters is 1. The second-order valence-corrected chi connectivity index (χ2v) is 12.8. The van der Waals surface area contributed by atoms with Gasteiger partial charge in [0, 0.05) is 36.9 Å². The van der Waals surface area contributed by atoms with Crippen LogP contribution in [0.1, 0.15) is 59.3 Å². The molecule has 4 atom stereocenters. The molecule has 16 nitrogen and oxygen atoms in total. The van der Waals surface area contributed by atoms with Gasteiger partial charge in [-0.25, -0.2) is 14.4 Å². The SMILES string of the molecule is CC(C)(C)OC(=O)N[C@@H](COC(=O)CCC(=O)NCCOCCOCCNC(=O)CCCCC1SCC2NC(=O)NC21)C(=O)O. The summed E-state index contributed by atoms with van der Waals surface area (Å²) in [6.45, 7) is 6.06. The van der Waals surface area contributed by atoms with Gasteiger partial charge in [-0.05, 0) is 33.6 Å². The van der Waals surface area contributed by atoms with Crippen molar-refractivity contribution >= 4 is 47.6 Å². The minimum atomic E-state index is -1.50.